The first-order chi connectivity index (χ1) is 17.3. The summed E-state index contributed by atoms with van der Waals surface area (Å²) in [7, 11) is 0. The van der Waals surface area contributed by atoms with E-state index in [9.17, 15) is 8.78 Å². The number of fused-ring (bicyclic) bond motifs is 1. The highest BCUT2D eigenvalue weighted by Gasteiger charge is 2.20. The van der Waals surface area contributed by atoms with Crippen molar-refractivity contribution in [3.05, 3.63) is 59.7 Å². The van der Waals surface area contributed by atoms with Gasteiger partial charge in [0.2, 0.25) is 5.95 Å². The fourth-order valence-electron chi connectivity index (χ4n) is 4.62. The van der Waals surface area contributed by atoms with Gasteiger partial charge in [0.15, 0.2) is 11.6 Å². The van der Waals surface area contributed by atoms with Crippen LogP contribution in [0.4, 0.5) is 20.5 Å². The van der Waals surface area contributed by atoms with E-state index in [4.69, 9.17) is 4.74 Å². The van der Waals surface area contributed by atoms with Gasteiger partial charge in [-0.25, -0.2) is 28.7 Å². The minimum absolute atomic E-state index is 0.000356. The summed E-state index contributed by atoms with van der Waals surface area (Å²) in [5, 5.41) is 3.02. The van der Waals surface area contributed by atoms with Crippen LogP contribution in [-0.2, 0) is 11.3 Å². The second kappa shape index (κ2) is 9.87. The van der Waals surface area contributed by atoms with Crippen molar-refractivity contribution in [3.8, 4) is 11.3 Å². The van der Waals surface area contributed by atoms with Crippen LogP contribution in [0.1, 0.15) is 38.2 Å². The van der Waals surface area contributed by atoms with Gasteiger partial charge in [-0.2, -0.15) is 0 Å². The van der Waals surface area contributed by atoms with E-state index < -0.39 is 11.6 Å². The standard InChI is InChI=1S/C26H29F2N7O/c1-15(2)35-17(4)31-25-20(27)9-19(10-22(25)35)24-21(28)12-30-26(33-24)32-23-6-5-18(11-29-23)13-34-7-8-36-14-16(34)3/h5-6,9-12,15-16H,7-8,13-14H2,1-4H3,(H,29,30,32,33). The summed E-state index contributed by atoms with van der Waals surface area (Å²) in [6, 6.07) is 7.22. The number of ether oxygens (including phenoxy) is 1. The average Bonchev–Trinajstić information content (AvgIpc) is 3.19. The molecule has 0 spiro atoms. The molecule has 0 amide bonds. The Hall–Kier alpha value is -3.50. The van der Waals surface area contributed by atoms with Crippen LogP contribution < -0.4 is 5.32 Å². The summed E-state index contributed by atoms with van der Waals surface area (Å²) in [6.07, 6.45) is 2.87. The van der Waals surface area contributed by atoms with E-state index >= 15 is 0 Å². The quantitative estimate of drug-likeness (QED) is 0.404. The third kappa shape index (κ3) is 4.78. The van der Waals surface area contributed by atoms with Gasteiger partial charge in [-0.1, -0.05) is 6.07 Å². The number of morpholine rings is 1. The van der Waals surface area contributed by atoms with Crippen LogP contribution in [0.5, 0.6) is 0 Å². The molecule has 0 radical (unpaired) electrons. The van der Waals surface area contributed by atoms with Crippen LogP contribution in [0.25, 0.3) is 22.3 Å². The Morgan fingerprint density at radius 3 is 2.67 bits per heavy atom. The van der Waals surface area contributed by atoms with Crippen molar-refractivity contribution in [2.75, 3.05) is 25.1 Å². The first kappa shape index (κ1) is 24.2. The van der Waals surface area contributed by atoms with Gasteiger partial charge in [0, 0.05) is 36.9 Å². The monoisotopic (exact) mass is 493 g/mol. The average molecular weight is 494 g/mol. The van der Waals surface area contributed by atoms with Crippen LogP contribution in [0, 0.1) is 18.6 Å². The Bertz CT molecular complexity index is 1390. The lowest BCUT2D eigenvalue weighted by Crippen LogP contribution is -2.42. The van der Waals surface area contributed by atoms with E-state index in [0.29, 0.717) is 28.8 Å². The van der Waals surface area contributed by atoms with Crippen molar-refractivity contribution in [1.29, 1.82) is 0 Å². The summed E-state index contributed by atoms with van der Waals surface area (Å²) in [4.78, 5) is 19.5. The normalized spacial score (nSPS) is 16.7. The second-order valence-electron chi connectivity index (χ2n) is 9.41. The molecular weight excluding hydrogens is 464 g/mol. The summed E-state index contributed by atoms with van der Waals surface area (Å²) in [6.45, 7) is 11.1. The summed E-state index contributed by atoms with van der Waals surface area (Å²) in [5.74, 6) is 0.224. The van der Waals surface area contributed by atoms with E-state index in [1.165, 1.54) is 6.07 Å². The van der Waals surface area contributed by atoms with Gasteiger partial charge in [-0.05, 0) is 51.5 Å². The van der Waals surface area contributed by atoms with E-state index in [-0.39, 0.29) is 23.2 Å². The maximum atomic E-state index is 14.9. The minimum atomic E-state index is -0.644. The topological polar surface area (TPSA) is 81.0 Å². The maximum absolute atomic E-state index is 14.9. The summed E-state index contributed by atoms with van der Waals surface area (Å²) in [5.41, 5.74) is 2.24. The molecule has 36 heavy (non-hydrogen) atoms. The summed E-state index contributed by atoms with van der Waals surface area (Å²) < 4.78 is 37.1. The van der Waals surface area contributed by atoms with Crippen molar-refractivity contribution in [3.63, 3.8) is 0 Å². The van der Waals surface area contributed by atoms with Crippen LogP contribution in [-0.4, -0.2) is 55.2 Å². The van der Waals surface area contributed by atoms with Gasteiger partial charge in [0.1, 0.15) is 22.9 Å². The Kier molecular flexibility index (Phi) is 6.63. The van der Waals surface area contributed by atoms with Gasteiger partial charge >= 0.3 is 0 Å². The number of rotatable bonds is 6. The number of pyridine rings is 1. The molecule has 1 atom stereocenters. The molecule has 10 heteroatoms. The molecule has 4 heterocycles. The van der Waals surface area contributed by atoms with Crippen molar-refractivity contribution < 1.29 is 13.5 Å². The molecule has 0 aliphatic carbocycles. The molecule has 4 aromatic rings. The molecular formula is C26H29F2N7O. The number of hydrogen-bond acceptors (Lipinski definition) is 7. The number of imidazole rings is 1. The molecule has 0 saturated carbocycles. The third-order valence-electron chi connectivity index (χ3n) is 6.41. The van der Waals surface area contributed by atoms with Crippen LogP contribution >= 0.6 is 0 Å². The van der Waals surface area contributed by atoms with E-state index in [1.807, 2.05) is 37.5 Å². The van der Waals surface area contributed by atoms with Gasteiger partial charge < -0.3 is 14.6 Å². The molecule has 8 nitrogen and oxygen atoms in total. The Morgan fingerprint density at radius 1 is 1.11 bits per heavy atom. The molecule has 188 valence electrons. The predicted octanol–water partition coefficient (Wildman–Crippen LogP) is 5.02. The first-order valence-electron chi connectivity index (χ1n) is 12.0. The fourth-order valence-corrected chi connectivity index (χ4v) is 4.62. The smallest absolute Gasteiger partial charge is 0.229 e. The number of halogens is 2. The minimum Gasteiger partial charge on any atom is -0.379 e. The number of aromatic nitrogens is 5. The molecule has 1 fully saturated rings. The van der Waals surface area contributed by atoms with E-state index in [2.05, 4.69) is 37.1 Å². The SMILES string of the molecule is Cc1nc2c(F)cc(-c3nc(Nc4ccc(CN5CCOCC5C)cn4)ncc3F)cc2n1C(C)C. The largest absolute Gasteiger partial charge is 0.379 e. The Morgan fingerprint density at radius 2 is 1.94 bits per heavy atom. The Labute approximate surface area is 208 Å². The van der Waals surface area contributed by atoms with Crippen molar-refractivity contribution >= 4 is 22.8 Å². The van der Waals surface area contributed by atoms with E-state index in [0.717, 1.165) is 38.1 Å². The number of hydrogen-bond donors (Lipinski definition) is 1. The molecule has 5 rings (SSSR count). The van der Waals surface area contributed by atoms with Gasteiger partial charge in [-0.15, -0.1) is 0 Å². The number of nitrogens with one attached hydrogen (secondary N) is 1. The zero-order valence-electron chi connectivity index (χ0n) is 20.8. The van der Waals surface area contributed by atoms with Crippen molar-refractivity contribution in [2.45, 2.75) is 46.3 Å². The lowest BCUT2D eigenvalue weighted by atomic mass is 10.1. The molecule has 1 saturated heterocycles. The van der Waals surface area contributed by atoms with Gasteiger partial charge in [0.05, 0.1) is 24.9 Å². The molecule has 1 aliphatic heterocycles. The second-order valence-corrected chi connectivity index (χ2v) is 9.41. The van der Waals surface area contributed by atoms with Crippen LogP contribution in [0.3, 0.4) is 0 Å². The Balaban J connectivity index is 1.39. The third-order valence-corrected chi connectivity index (χ3v) is 6.41. The van der Waals surface area contributed by atoms with Crippen molar-refractivity contribution in [2.24, 2.45) is 0 Å². The molecule has 3 aromatic heterocycles. The zero-order valence-corrected chi connectivity index (χ0v) is 20.8. The van der Waals surface area contributed by atoms with Crippen LogP contribution in [0.15, 0.2) is 36.7 Å². The molecule has 1 aromatic carbocycles. The van der Waals surface area contributed by atoms with Gasteiger partial charge in [0.25, 0.3) is 0 Å². The molecule has 1 N–H and O–H groups in total. The lowest BCUT2D eigenvalue weighted by Gasteiger charge is -2.33. The molecule has 1 aliphatic rings. The number of anilines is 2. The molecule has 1 unspecified atom stereocenters. The van der Waals surface area contributed by atoms with Gasteiger partial charge in [-0.3, -0.25) is 4.90 Å². The first-order valence-corrected chi connectivity index (χ1v) is 12.0. The summed E-state index contributed by atoms with van der Waals surface area (Å²) >= 11 is 0. The highest BCUT2D eigenvalue weighted by atomic mass is 19.1. The van der Waals surface area contributed by atoms with Crippen LogP contribution in [0.2, 0.25) is 0 Å². The van der Waals surface area contributed by atoms with Crippen molar-refractivity contribution in [1.82, 2.24) is 29.4 Å². The maximum Gasteiger partial charge on any atom is 0.229 e. The lowest BCUT2D eigenvalue weighted by molar-refractivity contribution is -0.00440. The molecule has 0 bridgehead atoms. The zero-order chi connectivity index (χ0) is 25.4. The number of benzene rings is 1. The highest BCUT2D eigenvalue weighted by molar-refractivity contribution is 5.83. The number of nitrogens with zero attached hydrogens (tertiary/aromatic N) is 6. The highest BCUT2D eigenvalue weighted by Crippen LogP contribution is 2.30. The predicted molar refractivity (Wildman–Crippen MR) is 134 cm³/mol. The van der Waals surface area contributed by atoms with E-state index in [1.54, 1.807) is 12.3 Å². The number of aryl methyl sites for hydroxylation is 1. The fraction of sp³-hybridized carbons (Fsp3) is 0.385.